The van der Waals surface area contributed by atoms with Crippen LogP contribution in [0.1, 0.15) is 41.1 Å². The second-order valence-corrected chi connectivity index (χ2v) is 11.8. The van der Waals surface area contributed by atoms with Gasteiger partial charge in [-0.2, -0.15) is 5.26 Å². The van der Waals surface area contributed by atoms with Crippen LogP contribution in [-0.2, 0) is 0 Å². The molecule has 4 heterocycles. The Labute approximate surface area is 259 Å². The predicted octanol–water partition coefficient (Wildman–Crippen LogP) is 7.47. The van der Waals surface area contributed by atoms with Crippen LogP contribution in [0, 0.1) is 17.1 Å². The molecule has 5 aromatic rings. The molecule has 43 heavy (non-hydrogen) atoms. The molecule has 1 fully saturated rings. The summed E-state index contributed by atoms with van der Waals surface area (Å²) in [7, 11) is 0. The molecular formula is C29H23Cl2FN8O2S. The summed E-state index contributed by atoms with van der Waals surface area (Å²) in [5, 5.41) is 37.6. The first kappa shape index (κ1) is 28.7. The number of anilines is 3. The molecular weight excluding hydrogens is 614 g/mol. The Balaban J connectivity index is 1.34. The van der Waals surface area contributed by atoms with Crippen LogP contribution < -0.4 is 10.6 Å². The molecule has 3 N–H and O–H groups in total. The third kappa shape index (κ3) is 5.92. The van der Waals surface area contributed by atoms with Gasteiger partial charge in [0, 0.05) is 40.9 Å². The van der Waals surface area contributed by atoms with Crippen molar-refractivity contribution in [3.8, 4) is 6.07 Å². The first-order valence-corrected chi connectivity index (χ1v) is 14.9. The highest BCUT2D eigenvalue weighted by molar-refractivity contribution is 7.10. The fraction of sp³-hybridized carbons (Fsp3) is 0.207. The van der Waals surface area contributed by atoms with E-state index < -0.39 is 11.9 Å². The summed E-state index contributed by atoms with van der Waals surface area (Å²) in [6.07, 6.45) is 3.71. The minimum atomic E-state index is -0.911. The zero-order chi connectivity index (χ0) is 30.1. The Hall–Kier alpha value is -4.44. The SMILES string of the molecule is N#Cc1cnc2c(Cl)cc(N[C@H](c3cn(C4CCN(C(=O)O)CC4)nn3)c3cccs3)cc2c1Nc1ccc(F)c(Cl)c1. The molecule has 1 aliphatic heterocycles. The molecule has 3 aromatic heterocycles. The lowest BCUT2D eigenvalue weighted by Crippen LogP contribution is -2.38. The Bertz CT molecular complexity index is 1850. The number of halogens is 3. The number of aromatic nitrogens is 4. The minimum Gasteiger partial charge on any atom is -0.465 e. The molecule has 1 aliphatic rings. The molecule has 0 bridgehead atoms. The number of benzene rings is 2. The average molecular weight is 638 g/mol. The van der Waals surface area contributed by atoms with Crippen molar-refractivity contribution in [1.29, 1.82) is 5.26 Å². The fourth-order valence-electron chi connectivity index (χ4n) is 5.12. The number of nitrogens with zero attached hydrogens (tertiary/aromatic N) is 6. The van der Waals surface area contributed by atoms with Crippen LogP contribution in [0.2, 0.25) is 10.0 Å². The zero-order valence-electron chi connectivity index (χ0n) is 22.3. The number of likely N-dealkylation sites (tertiary alicyclic amines) is 1. The molecule has 0 aliphatic carbocycles. The van der Waals surface area contributed by atoms with Crippen LogP contribution in [-0.4, -0.2) is 49.2 Å². The third-order valence-corrected chi connectivity index (χ3v) is 8.82. The highest BCUT2D eigenvalue weighted by Crippen LogP contribution is 2.38. The molecule has 218 valence electrons. The van der Waals surface area contributed by atoms with Crippen LogP contribution in [0.25, 0.3) is 10.9 Å². The number of pyridine rings is 1. The number of hydrogen-bond donors (Lipinski definition) is 3. The topological polar surface area (TPSA) is 132 Å². The van der Waals surface area contributed by atoms with Crippen molar-refractivity contribution in [3.05, 3.63) is 92.2 Å². The highest BCUT2D eigenvalue weighted by Gasteiger charge is 2.26. The first-order chi connectivity index (χ1) is 20.8. The number of hydrogen-bond acceptors (Lipinski definition) is 8. The van der Waals surface area contributed by atoms with Crippen molar-refractivity contribution in [2.24, 2.45) is 0 Å². The molecule has 1 saturated heterocycles. The Kier molecular flexibility index (Phi) is 8.03. The van der Waals surface area contributed by atoms with E-state index in [0.717, 1.165) is 4.88 Å². The van der Waals surface area contributed by atoms with Crippen LogP contribution >= 0.6 is 34.5 Å². The van der Waals surface area contributed by atoms with Gasteiger partial charge in [0.1, 0.15) is 23.6 Å². The van der Waals surface area contributed by atoms with E-state index in [9.17, 15) is 19.6 Å². The van der Waals surface area contributed by atoms with Crippen molar-refractivity contribution in [1.82, 2.24) is 24.9 Å². The largest absolute Gasteiger partial charge is 0.465 e. The van der Waals surface area contributed by atoms with Gasteiger partial charge in [-0.3, -0.25) is 4.98 Å². The fourth-order valence-corrected chi connectivity index (χ4v) is 6.35. The van der Waals surface area contributed by atoms with Gasteiger partial charge in [-0.15, -0.1) is 16.4 Å². The van der Waals surface area contributed by atoms with Gasteiger partial charge in [0.2, 0.25) is 0 Å². The van der Waals surface area contributed by atoms with E-state index in [1.165, 1.54) is 29.3 Å². The summed E-state index contributed by atoms with van der Waals surface area (Å²) in [6, 6.07) is 13.6. The lowest BCUT2D eigenvalue weighted by molar-refractivity contribution is 0.123. The summed E-state index contributed by atoms with van der Waals surface area (Å²) < 4.78 is 15.6. The highest BCUT2D eigenvalue weighted by atomic mass is 35.5. The molecule has 1 atom stereocenters. The molecule has 1 amide bonds. The van der Waals surface area contributed by atoms with Gasteiger partial charge in [-0.05, 0) is 54.6 Å². The number of amides is 1. The van der Waals surface area contributed by atoms with Gasteiger partial charge >= 0.3 is 6.09 Å². The average Bonchev–Trinajstić information content (AvgIpc) is 3.72. The number of thiophene rings is 1. The minimum absolute atomic E-state index is 0.0417. The molecule has 6 rings (SSSR count). The maximum absolute atomic E-state index is 13.8. The van der Waals surface area contributed by atoms with Crippen molar-refractivity contribution in [2.75, 3.05) is 23.7 Å². The number of rotatable bonds is 7. The molecule has 0 radical (unpaired) electrons. The van der Waals surface area contributed by atoms with Gasteiger partial charge in [0.05, 0.1) is 39.1 Å². The van der Waals surface area contributed by atoms with E-state index in [1.54, 1.807) is 17.4 Å². The van der Waals surface area contributed by atoms with Crippen molar-refractivity contribution in [2.45, 2.75) is 24.9 Å². The number of carbonyl (C=O) groups is 1. The number of fused-ring (bicyclic) bond motifs is 1. The molecule has 14 heteroatoms. The molecule has 10 nitrogen and oxygen atoms in total. The monoisotopic (exact) mass is 636 g/mol. The number of carboxylic acid groups (broad SMARTS) is 1. The van der Waals surface area contributed by atoms with Crippen molar-refractivity contribution >= 4 is 68.6 Å². The first-order valence-electron chi connectivity index (χ1n) is 13.2. The van der Waals surface area contributed by atoms with Gasteiger partial charge in [-0.25, -0.2) is 13.9 Å². The lowest BCUT2D eigenvalue weighted by atomic mass is 10.1. The van der Waals surface area contributed by atoms with E-state index in [-0.39, 0.29) is 22.7 Å². The maximum atomic E-state index is 13.8. The summed E-state index contributed by atoms with van der Waals surface area (Å²) in [6.45, 7) is 0.882. The normalized spacial score (nSPS) is 14.4. The number of nitrogens with one attached hydrogen (secondary N) is 2. The van der Waals surface area contributed by atoms with Gasteiger partial charge in [0.25, 0.3) is 0 Å². The molecule has 2 aromatic carbocycles. The van der Waals surface area contributed by atoms with E-state index >= 15 is 0 Å². The Morgan fingerprint density at radius 3 is 2.65 bits per heavy atom. The number of nitriles is 1. The van der Waals surface area contributed by atoms with E-state index in [2.05, 4.69) is 32.0 Å². The van der Waals surface area contributed by atoms with Crippen molar-refractivity contribution in [3.63, 3.8) is 0 Å². The maximum Gasteiger partial charge on any atom is 0.407 e. The zero-order valence-corrected chi connectivity index (χ0v) is 24.7. The number of piperidine rings is 1. The summed E-state index contributed by atoms with van der Waals surface area (Å²) in [4.78, 5) is 18.1. The van der Waals surface area contributed by atoms with E-state index in [4.69, 9.17) is 23.2 Å². The van der Waals surface area contributed by atoms with E-state index in [1.807, 2.05) is 34.5 Å². The van der Waals surface area contributed by atoms with Crippen LogP contribution in [0.4, 0.5) is 26.2 Å². The summed E-state index contributed by atoms with van der Waals surface area (Å²) in [5.74, 6) is -0.552. The van der Waals surface area contributed by atoms with Gasteiger partial charge in [0.15, 0.2) is 0 Å². The lowest BCUT2D eigenvalue weighted by Gasteiger charge is -2.29. The van der Waals surface area contributed by atoms with E-state index in [0.29, 0.717) is 64.6 Å². The van der Waals surface area contributed by atoms with Gasteiger partial charge in [-0.1, -0.05) is 34.5 Å². The van der Waals surface area contributed by atoms with Crippen LogP contribution in [0.15, 0.2) is 60.2 Å². The molecule has 0 saturated carbocycles. The third-order valence-electron chi connectivity index (χ3n) is 7.31. The quantitative estimate of drug-likeness (QED) is 0.168. The predicted molar refractivity (Wildman–Crippen MR) is 164 cm³/mol. The summed E-state index contributed by atoms with van der Waals surface area (Å²) in [5.41, 5.74) is 3.03. The second kappa shape index (κ2) is 12.0. The molecule has 0 spiro atoms. The second-order valence-electron chi connectivity index (χ2n) is 9.98. The summed E-state index contributed by atoms with van der Waals surface area (Å²) >= 11 is 14.3. The Morgan fingerprint density at radius 2 is 1.95 bits per heavy atom. The van der Waals surface area contributed by atoms with Crippen LogP contribution in [0.3, 0.4) is 0 Å². The molecule has 0 unspecified atom stereocenters. The van der Waals surface area contributed by atoms with Crippen LogP contribution in [0.5, 0.6) is 0 Å². The Morgan fingerprint density at radius 1 is 1.16 bits per heavy atom. The van der Waals surface area contributed by atoms with Crippen molar-refractivity contribution < 1.29 is 14.3 Å². The van der Waals surface area contributed by atoms with Gasteiger partial charge < -0.3 is 20.6 Å². The standard InChI is InChI=1S/C29H23Cl2FN8O2S/c30-21-11-17(3-4-23(21)32)35-26-16(13-33)14-34-27-20(26)10-18(12-22(27)31)36-28(25-2-1-9-43-25)24-15-40(38-37-24)19-5-7-39(8-6-19)29(41)42/h1-4,9-12,14-15,19,28,36H,5-8H2,(H,34,35)(H,41,42)/t28-/m1/s1. The smallest absolute Gasteiger partial charge is 0.407 e.